The van der Waals surface area contributed by atoms with Gasteiger partial charge in [-0.3, -0.25) is 4.79 Å². The third-order valence-corrected chi connectivity index (χ3v) is 3.17. The van der Waals surface area contributed by atoms with Gasteiger partial charge in [0.15, 0.2) is 0 Å². The Hall–Kier alpha value is -1.21. The Morgan fingerprint density at radius 1 is 1.53 bits per heavy atom. The molecule has 0 saturated carbocycles. The molecule has 17 heavy (non-hydrogen) atoms. The molecule has 0 aliphatic rings. The van der Waals surface area contributed by atoms with Crippen molar-refractivity contribution >= 4 is 22.4 Å². The molecule has 0 atom stereocenters. The maximum atomic E-state index is 12.2. The highest BCUT2D eigenvalue weighted by atomic mass is 32.1. The van der Waals surface area contributed by atoms with Crippen LogP contribution >= 0.6 is 11.3 Å². The van der Waals surface area contributed by atoms with Crippen LogP contribution in [0.2, 0.25) is 0 Å². The minimum absolute atomic E-state index is 0.101. The van der Waals surface area contributed by atoms with Crippen LogP contribution in [0.15, 0.2) is 0 Å². The lowest BCUT2D eigenvalue weighted by Crippen LogP contribution is -2.39. The molecule has 1 aromatic heterocycles. The molecular formula is C10H18N4O2S. The molecule has 96 valence electrons. The zero-order valence-corrected chi connectivity index (χ0v) is 11.4. The standard InChI is InChI=1S/C10H18N4O2S/c1-7(2)14(5-6-16-4)9(15)8-12-13-10(11-3)17-8/h7H,5-6H2,1-4H3,(H,11,13). The van der Waals surface area contributed by atoms with Crippen molar-refractivity contribution in [2.24, 2.45) is 0 Å². The van der Waals surface area contributed by atoms with Crippen molar-refractivity contribution in [2.75, 3.05) is 32.6 Å². The molecule has 0 unspecified atom stereocenters. The summed E-state index contributed by atoms with van der Waals surface area (Å²) < 4.78 is 5.00. The minimum atomic E-state index is -0.101. The smallest absolute Gasteiger partial charge is 0.285 e. The maximum absolute atomic E-state index is 12.2. The largest absolute Gasteiger partial charge is 0.383 e. The summed E-state index contributed by atoms with van der Waals surface area (Å²) in [6.07, 6.45) is 0. The summed E-state index contributed by atoms with van der Waals surface area (Å²) in [5.74, 6) is -0.101. The van der Waals surface area contributed by atoms with Gasteiger partial charge in [0, 0.05) is 26.7 Å². The zero-order valence-electron chi connectivity index (χ0n) is 10.6. The van der Waals surface area contributed by atoms with Gasteiger partial charge in [0.25, 0.3) is 5.91 Å². The molecule has 1 aromatic rings. The molecule has 7 heteroatoms. The summed E-state index contributed by atoms with van der Waals surface area (Å²) in [7, 11) is 3.37. The normalized spacial score (nSPS) is 10.6. The fraction of sp³-hybridized carbons (Fsp3) is 0.700. The number of rotatable bonds is 6. The second-order valence-electron chi connectivity index (χ2n) is 3.75. The number of anilines is 1. The molecular weight excluding hydrogens is 240 g/mol. The van der Waals surface area contributed by atoms with Crippen LogP contribution in [0.5, 0.6) is 0 Å². The SMILES string of the molecule is CNc1nnc(C(=O)N(CCOC)C(C)C)s1. The Morgan fingerprint density at radius 3 is 2.71 bits per heavy atom. The predicted octanol–water partition coefficient (Wildman–Crippen LogP) is 1.08. The highest BCUT2D eigenvalue weighted by Gasteiger charge is 2.22. The van der Waals surface area contributed by atoms with Gasteiger partial charge in [0.05, 0.1) is 6.61 Å². The number of aromatic nitrogens is 2. The van der Waals surface area contributed by atoms with Gasteiger partial charge in [-0.1, -0.05) is 11.3 Å². The van der Waals surface area contributed by atoms with E-state index in [1.54, 1.807) is 19.1 Å². The number of nitrogens with zero attached hydrogens (tertiary/aromatic N) is 3. The lowest BCUT2D eigenvalue weighted by Gasteiger charge is -2.25. The summed E-state index contributed by atoms with van der Waals surface area (Å²) in [4.78, 5) is 13.9. The van der Waals surface area contributed by atoms with Gasteiger partial charge in [-0.2, -0.15) is 0 Å². The molecule has 0 spiro atoms. The van der Waals surface area contributed by atoms with Gasteiger partial charge in [-0.15, -0.1) is 10.2 Å². The highest BCUT2D eigenvalue weighted by molar-refractivity contribution is 7.17. The molecule has 0 aliphatic heterocycles. The van der Waals surface area contributed by atoms with E-state index >= 15 is 0 Å². The van der Waals surface area contributed by atoms with Crippen molar-refractivity contribution in [3.63, 3.8) is 0 Å². The molecule has 0 aromatic carbocycles. The van der Waals surface area contributed by atoms with Gasteiger partial charge >= 0.3 is 0 Å². The molecule has 0 aliphatic carbocycles. The van der Waals surface area contributed by atoms with Crippen LogP contribution in [-0.2, 0) is 4.74 Å². The molecule has 1 N–H and O–H groups in total. The van der Waals surface area contributed by atoms with E-state index in [1.807, 2.05) is 13.8 Å². The van der Waals surface area contributed by atoms with Crippen molar-refractivity contribution in [3.8, 4) is 0 Å². The van der Waals surface area contributed by atoms with Gasteiger partial charge < -0.3 is 15.0 Å². The molecule has 0 bridgehead atoms. The van der Waals surface area contributed by atoms with E-state index in [4.69, 9.17) is 4.74 Å². The molecule has 1 heterocycles. The predicted molar refractivity (Wildman–Crippen MR) is 67.5 cm³/mol. The van der Waals surface area contributed by atoms with Crippen LogP contribution in [0.4, 0.5) is 5.13 Å². The number of hydrogen-bond acceptors (Lipinski definition) is 6. The van der Waals surface area contributed by atoms with Crippen molar-refractivity contribution in [1.82, 2.24) is 15.1 Å². The zero-order chi connectivity index (χ0) is 12.8. The van der Waals surface area contributed by atoms with Crippen LogP contribution < -0.4 is 5.32 Å². The van der Waals surface area contributed by atoms with Crippen molar-refractivity contribution in [1.29, 1.82) is 0 Å². The Morgan fingerprint density at radius 2 is 2.24 bits per heavy atom. The first-order valence-corrected chi connectivity index (χ1v) is 6.23. The van der Waals surface area contributed by atoms with Gasteiger partial charge in [-0.25, -0.2) is 0 Å². The first-order chi connectivity index (χ1) is 8.10. The Bertz CT molecular complexity index is 367. The number of carbonyl (C=O) groups is 1. The summed E-state index contributed by atoms with van der Waals surface area (Å²) in [6, 6.07) is 0.111. The van der Waals surface area contributed by atoms with E-state index in [0.717, 1.165) is 0 Å². The molecule has 1 rings (SSSR count). The second kappa shape index (κ2) is 6.51. The second-order valence-corrected chi connectivity index (χ2v) is 4.72. The lowest BCUT2D eigenvalue weighted by atomic mass is 10.3. The third kappa shape index (κ3) is 3.64. The third-order valence-electron chi connectivity index (χ3n) is 2.24. The van der Waals surface area contributed by atoms with Crippen LogP contribution in [0.25, 0.3) is 0 Å². The van der Waals surface area contributed by atoms with E-state index in [9.17, 15) is 4.79 Å². The maximum Gasteiger partial charge on any atom is 0.285 e. The summed E-state index contributed by atoms with van der Waals surface area (Å²) in [5.41, 5.74) is 0. The van der Waals surface area contributed by atoms with Gasteiger partial charge in [0.2, 0.25) is 10.1 Å². The van der Waals surface area contributed by atoms with Crippen molar-refractivity contribution < 1.29 is 9.53 Å². The van der Waals surface area contributed by atoms with Crippen LogP contribution in [0.3, 0.4) is 0 Å². The molecule has 0 fully saturated rings. The van der Waals surface area contributed by atoms with Crippen LogP contribution in [0.1, 0.15) is 23.6 Å². The Balaban J connectivity index is 2.76. The topological polar surface area (TPSA) is 67.4 Å². The molecule has 6 nitrogen and oxygen atoms in total. The fourth-order valence-electron chi connectivity index (χ4n) is 1.32. The average Bonchev–Trinajstić information content (AvgIpc) is 2.77. The first-order valence-electron chi connectivity index (χ1n) is 5.41. The molecule has 1 amide bonds. The summed E-state index contributed by atoms with van der Waals surface area (Å²) >= 11 is 1.25. The van der Waals surface area contributed by atoms with Crippen LogP contribution in [-0.4, -0.2) is 54.4 Å². The summed E-state index contributed by atoms with van der Waals surface area (Å²) in [6.45, 7) is 5.00. The van der Waals surface area contributed by atoms with Gasteiger partial charge in [0.1, 0.15) is 0 Å². The fourth-order valence-corrected chi connectivity index (χ4v) is 1.97. The quantitative estimate of drug-likeness (QED) is 0.827. The van der Waals surface area contributed by atoms with Crippen molar-refractivity contribution in [3.05, 3.63) is 5.01 Å². The van der Waals surface area contributed by atoms with E-state index in [2.05, 4.69) is 15.5 Å². The van der Waals surface area contributed by atoms with E-state index in [0.29, 0.717) is 23.3 Å². The highest BCUT2D eigenvalue weighted by Crippen LogP contribution is 2.17. The molecule has 0 radical (unpaired) electrons. The number of ether oxygens (including phenoxy) is 1. The lowest BCUT2D eigenvalue weighted by molar-refractivity contribution is 0.0634. The molecule has 0 saturated heterocycles. The average molecular weight is 258 g/mol. The Kier molecular flexibility index (Phi) is 5.30. The van der Waals surface area contributed by atoms with E-state index in [-0.39, 0.29) is 11.9 Å². The Labute approximate surface area is 105 Å². The monoisotopic (exact) mass is 258 g/mol. The number of amides is 1. The van der Waals surface area contributed by atoms with Crippen LogP contribution in [0, 0.1) is 0 Å². The number of nitrogens with one attached hydrogen (secondary N) is 1. The number of hydrogen-bond donors (Lipinski definition) is 1. The minimum Gasteiger partial charge on any atom is -0.383 e. The first kappa shape index (κ1) is 13.9. The van der Waals surface area contributed by atoms with E-state index in [1.165, 1.54) is 11.3 Å². The van der Waals surface area contributed by atoms with Gasteiger partial charge in [-0.05, 0) is 13.8 Å². The number of carbonyl (C=O) groups excluding carboxylic acids is 1. The van der Waals surface area contributed by atoms with E-state index < -0.39 is 0 Å². The van der Waals surface area contributed by atoms with Crippen molar-refractivity contribution in [2.45, 2.75) is 19.9 Å². The number of methoxy groups -OCH3 is 1. The summed E-state index contributed by atoms with van der Waals surface area (Å²) in [5, 5.41) is 11.6.